The summed E-state index contributed by atoms with van der Waals surface area (Å²) in [5.74, 6) is -0.811. The summed E-state index contributed by atoms with van der Waals surface area (Å²) in [5, 5.41) is 2.53. The van der Waals surface area contributed by atoms with Gasteiger partial charge < -0.3 is 10.1 Å². The molecule has 1 aliphatic carbocycles. The number of alkyl halides is 2. The fourth-order valence-corrected chi connectivity index (χ4v) is 2.33. The van der Waals surface area contributed by atoms with Crippen molar-refractivity contribution < 1.29 is 14.3 Å². The molecule has 0 aliphatic heterocycles. The Morgan fingerprint density at radius 2 is 2.00 bits per heavy atom. The van der Waals surface area contributed by atoms with Crippen molar-refractivity contribution in [1.29, 1.82) is 0 Å². The minimum Gasteiger partial charge on any atom is -0.464 e. The summed E-state index contributed by atoms with van der Waals surface area (Å²) in [5.41, 5.74) is 2.66. The zero-order valence-electron chi connectivity index (χ0n) is 11.9. The number of hydrogen-bond donors (Lipinski definition) is 1. The normalized spacial score (nSPS) is 19.0. The van der Waals surface area contributed by atoms with Gasteiger partial charge in [0.1, 0.15) is 10.9 Å². The Morgan fingerprint density at radius 1 is 1.33 bits per heavy atom. The number of carbonyl (C=O) groups is 2. The number of hydrogen-bond acceptors (Lipinski definition) is 3. The average Bonchev–Trinajstić information content (AvgIpc) is 3.04. The van der Waals surface area contributed by atoms with E-state index in [9.17, 15) is 9.59 Å². The van der Waals surface area contributed by atoms with Gasteiger partial charge in [0, 0.05) is 11.5 Å². The van der Waals surface area contributed by atoms with E-state index in [0.29, 0.717) is 12.0 Å². The number of nitrogens with one attached hydrogen (secondary N) is 1. The maximum absolute atomic E-state index is 11.9. The van der Waals surface area contributed by atoms with Crippen LogP contribution in [0.3, 0.4) is 0 Å². The Morgan fingerprint density at radius 3 is 2.57 bits per heavy atom. The first-order valence-electron chi connectivity index (χ1n) is 6.68. The quantitative estimate of drug-likeness (QED) is 0.667. The maximum atomic E-state index is 11.9. The van der Waals surface area contributed by atoms with Gasteiger partial charge in [-0.3, -0.25) is 9.59 Å². The Labute approximate surface area is 133 Å². The molecule has 6 heteroatoms. The van der Waals surface area contributed by atoms with Crippen molar-refractivity contribution >= 4 is 35.1 Å². The van der Waals surface area contributed by atoms with Gasteiger partial charge in [0.15, 0.2) is 0 Å². The monoisotopic (exact) mass is 329 g/mol. The molecular weight excluding hydrogens is 313 g/mol. The minimum absolute atomic E-state index is 0.0137. The number of ether oxygens (including phenoxy) is 1. The molecule has 0 heterocycles. The molecule has 1 N–H and O–H groups in total. The second-order valence-corrected chi connectivity index (χ2v) is 6.87. The predicted molar refractivity (Wildman–Crippen MR) is 81.8 cm³/mol. The number of esters is 1. The van der Waals surface area contributed by atoms with Crippen molar-refractivity contribution in [3.05, 3.63) is 34.9 Å². The lowest BCUT2D eigenvalue weighted by molar-refractivity contribution is -0.142. The van der Waals surface area contributed by atoms with Gasteiger partial charge in [-0.05, 0) is 43.5 Å². The van der Waals surface area contributed by atoms with Crippen LogP contribution in [0, 0.1) is 19.8 Å². The lowest BCUT2D eigenvalue weighted by Gasteiger charge is -2.08. The van der Waals surface area contributed by atoms with Gasteiger partial charge >= 0.3 is 5.97 Å². The summed E-state index contributed by atoms with van der Waals surface area (Å²) in [6.45, 7) is 3.92. The standard InChI is InChI=1S/C15H17Cl2NO3/c1-9-3-4-11(5-10(9)2)14(20)18-7-13(19)21-8-12-6-15(12,16)17/h3-5,12H,6-8H2,1-2H3,(H,18,20)/t12-/m0/s1. The number of halogens is 2. The van der Waals surface area contributed by atoms with Gasteiger partial charge in [0.25, 0.3) is 5.91 Å². The first kappa shape index (κ1) is 16.1. The molecule has 1 aromatic carbocycles. The second kappa shape index (κ2) is 6.24. The smallest absolute Gasteiger partial charge is 0.325 e. The molecule has 0 saturated heterocycles. The van der Waals surface area contributed by atoms with Crippen LogP contribution >= 0.6 is 23.2 Å². The molecule has 1 saturated carbocycles. The van der Waals surface area contributed by atoms with Crippen molar-refractivity contribution in [2.45, 2.75) is 24.6 Å². The summed E-state index contributed by atoms with van der Waals surface area (Å²) in [6.07, 6.45) is 0.623. The van der Waals surface area contributed by atoms with E-state index in [-0.39, 0.29) is 25.0 Å². The number of benzene rings is 1. The first-order valence-corrected chi connectivity index (χ1v) is 7.44. The minimum atomic E-state index is -0.761. The van der Waals surface area contributed by atoms with E-state index in [4.69, 9.17) is 27.9 Å². The second-order valence-electron chi connectivity index (χ2n) is 5.33. The Hall–Kier alpha value is -1.26. The molecule has 0 radical (unpaired) electrons. The van der Waals surface area contributed by atoms with E-state index in [2.05, 4.69) is 5.32 Å². The lowest BCUT2D eigenvalue weighted by atomic mass is 10.1. The molecule has 1 atom stereocenters. The maximum Gasteiger partial charge on any atom is 0.325 e. The van der Waals surface area contributed by atoms with E-state index in [1.54, 1.807) is 12.1 Å². The molecule has 0 aromatic heterocycles. The fraction of sp³-hybridized carbons (Fsp3) is 0.467. The van der Waals surface area contributed by atoms with Crippen LogP contribution in [-0.4, -0.2) is 29.4 Å². The van der Waals surface area contributed by atoms with Crippen LogP contribution in [0.25, 0.3) is 0 Å². The third-order valence-corrected chi connectivity index (χ3v) is 4.49. The Bertz CT molecular complexity index is 572. The highest BCUT2D eigenvalue weighted by Gasteiger charge is 2.52. The third-order valence-electron chi connectivity index (χ3n) is 3.56. The van der Waals surface area contributed by atoms with Crippen LogP contribution in [0.15, 0.2) is 18.2 Å². The Kier molecular flexibility index (Phi) is 4.79. The van der Waals surface area contributed by atoms with Crippen LogP contribution < -0.4 is 5.32 Å². The summed E-state index contributed by atoms with van der Waals surface area (Å²) in [7, 11) is 0. The highest BCUT2D eigenvalue weighted by Crippen LogP contribution is 2.53. The highest BCUT2D eigenvalue weighted by molar-refractivity contribution is 6.50. The lowest BCUT2D eigenvalue weighted by Crippen LogP contribution is -2.31. The highest BCUT2D eigenvalue weighted by atomic mass is 35.5. The van der Waals surface area contributed by atoms with Crippen LogP contribution in [0.5, 0.6) is 0 Å². The van der Waals surface area contributed by atoms with E-state index in [0.717, 1.165) is 11.1 Å². The molecule has 1 aliphatic rings. The number of aryl methyl sites for hydroxylation is 2. The molecule has 2 rings (SSSR count). The largest absolute Gasteiger partial charge is 0.464 e. The molecule has 0 unspecified atom stereocenters. The molecule has 0 spiro atoms. The predicted octanol–water partition coefficient (Wildman–Crippen LogP) is 2.77. The van der Waals surface area contributed by atoms with Crippen LogP contribution in [0.4, 0.5) is 0 Å². The van der Waals surface area contributed by atoms with Crippen molar-refractivity contribution in [3.63, 3.8) is 0 Å². The molecule has 1 aromatic rings. The fourth-order valence-electron chi connectivity index (χ4n) is 1.83. The van der Waals surface area contributed by atoms with E-state index >= 15 is 0 Å². The first-order chi connectivity index (χ1) is 9.79. The van der Waals surface area contributed by atoms with Gasteiger partial charge in [0.05, 0.1) is 6.61 Å². The SMILES string of the molecule is Cc1ccc(C(=O)NCC(=O)OC[C@@H]2CC2(Cl)Cl)cc1C. The van der Waals surface area contributed by atoms with Gasteiger partial charge in [-0.2, -0.15) is 0 Å². The average molecular weight is 330 g/mol. The summed E-state index contributed by atoms with van der Waals surface area (Å²) in [6, 6.07) is 5.38. The molecule has 4 nitrogen and oxygen atoms in total. The van der Waals surface area contributed by atoms with Gasteiger partial charge in [-0.25, -0.2) is 0 Å². The van der Waals surface area contributed by atoms with Crippen LogP contribution in [0.1, 0.15) is 27.9 Å². The number of amides is 1. The molecular formula is C15H17Cl2NO3. The van der Waals surface area contributed by atoms with E-state index in [1.165, 1.54) is 0 Å². The third kappa shape index (κ3) is 4.35. The molecule has 0 bridgehead atoms. The van der Waals surface area contributed by atoms with Gasteiger partial charge in [-0.15, -0.1) is 23.2 Å². The summed E-state index contributed by atoms with van der Waals surface area (Å²) < 4.78 is 4.25. The van der Waals surface area contributed by atoms with Gasteiger partial charge in [0.2, 0.25) is 0 Å². The van der Waals surface area contributed by atoms with Gasteiger partial charge in [-0.1, -0.05) is 6.07 Å². The van der Waals surface area contributed by atoms with Crippen molar-refractivity contribution in [3.8, 4) is 0 Å². The van der Waals surface area contributed by atoms with E-state index in [1.807, 2.05) is 19.9 Å². The van der Waals surface area contributed by atoms with Crippen molar-refractivity contribution in [1.82, 2.24) is 5.32 Å². The number of carbonyl (C=O) groups excluding carboxylic acids is 2. The zero-order valence-corrected chi connectivity index (χ0v) is 13.4. The molecule has 21 heavy (non-hydrogen) atoms. The van der Waals surface area contributed by atoms with Crippen LogP contribution in [0.2, 0.25) is 0 Å². The van der Waals surface area contributed by atoms with Crippen molar-refractivity contribution in [2.75, 3.05) is 13.2 Å². The van der Waals surface area contributed by atoms with E-state index < -0.39 is 10.3 Å². The zero-order chi connectivity index (χ0) is 15.6. The van der Waals surface area contributed by atoms with Crippen molar-refractivity contribution in [2.24, 2.45) is 5.92 Å². The summed E-state index contributed by atoms with van der Waals surface area (Å²) >= 11 is 11.7. The topological polar surface area (TPSA) is 55.4 Å². The van der Waals surface area contributed by atoms with Crippen LogP contribution in [-0.2, 0) is 9.53 Å². The molecule has 114 valence electrons. The summed E-state index contributed by atoms with van der Waals surface area (Å²) in [4.78, 5) is 23.4. The molecule has 1 amide bonds. The number of rotatable bonds is 5. The Balaban J connectivity index is 1.75. The molecule has 1 fully saturated rings.